The number of anilines is 2. The van der Waals surface area contributed by atoms with Gasteiger partial charge < -0.3 is 5.32 Å². The van der Waals surface area contributed by atoms with E-state index in [1.54, 1.807) is 6.07 Å². The van der Waals surface area contributed by atoms with Crippen LogP contribution < -0.4 is 10.6 Å². The van der Waals surface area contributed by atoms with Gasteiger partial charge in [-0.3, -0.25) is 5.32 Å². The van der Waals surface area contributed by atoms with Crippen LogP contribution in [0.4, 0.5) is 20.0 Å². The summed E-state index contributed by atoms with van der Waals surface area (Å²) < 4.78 is 17.0. The molecule has 0 aliphatic heterocycles. The fourth-order valence-electron chi connectivity index (χ4n) is 1.25. The molecule has 2 amide bonds. The Labute approximate surface area is 123 Å². The minimum atomic E-state index is -0.514. The maximum atomic E-state index is 13.0. The number of halogens is 1. The van der Waals surface area contributed by atoms with Crippen LogP contribution in [0.3, 0.4) is 0 Å². The molecule has 0 fully saturated rings. The molecule has 0 saturated heterocycles. The second-order valence-corrected chi connectivity index (χ2v) is 5.16. The molecule has 0 bridgehead atoms. The van der Waals surface area contributed by atoms with E-state index in [1.165, 1.54) is 30.0 Å². The molecule has 0 saturated carbocycles. The topological polar surface area (TPSA) is 66.9 Å². The molecule has 1 aromatic carbocycles. The summed E-state index contributed by atoms with van der Waals surface area (Å²) in [6, 6.07) is 5.08. The quantitative estimate of drug-likeness (QED) is 0.673. The smallest absolute Gasteiger partial charge is 0.308 e. The van der Waals surface area contributed by atoms with Crippen molar-refractivity contribution in [1.82, 2.24) is 9.36 Å². The van der Waals surface area contributed by atoms with Crippen LogP contribution in [0, 0.1) is 18.2 Å². The Morgan fingerprint density at radius 2 is 2.35 bits per heavy atom. The highest BCUT2D eigenvalue weighted by Crippen LogP contribution is 2.19. The van der Waals surface area contributed by atoms with Crippen molar-refractivity contribution in [3.05, 3.63) is 30.1 Å². The standard InChI is InChI=1S/C12H9FN4OS2/c1-2-6-19-12-16-11(20-17-12)15-10(18)14-9-5-3-4-8(13)7-9/h1,3-5,7H,6H2,(H2,14,15,16,17,18). The van der Waals surface area contributed by atoms with Gasteiger partial charge in [0.2, 0.25) is 10.3 Å². The summed E-state index contributed by atoms with van der Waals surface area (Å²) in [4.78, 5) is 15.7. The van der Waals surface area contributed by atoms with Gasteiger partial charge in [-0.1, -0.05) is 23.7 Å². The van der Waals surface area contributed by atoms with Gasteiger partial charge in [-0.25, -0.2) is 9.18 Å². The monoisotopic (exact) mass is 308 g/mol. The Balaban J connectivity index is 1.91. The van der Waals surface area contributed by atoms with Crippen LogP contribution in [-0.2, 0) is 0 Å². The average molecular weight is 308 g/mol. The van der Waals surface area contributed by atoms with E-state index >= 15 is 0 Å². The van der Waals surface area contributed by atoms with Gasteiger partial charge in [0.15, 0.2) is 0 Å². The summed E-state index contributed by atoms with van der Waals surface area (Å²) >= 11 is 2.35. The number of nitrogens with one attached hydrogen (secondary N) is 2. The number of hydrogen-bond acceptors (Lipinski definition) is 5. The second-order valence-electron chi connectivity index (χ2n) is 3.46. The van der Waals surface area contributed by atoms with Crippen LogP contribution >= 0.6 is 23.3 Å². The highest BCUT2D eigenvalue weighted by atomic mass is 32.2. The zero-order valence-corrected chi connectivity index (χ0v) is 11.7. The predicted octanol–water partition coefficient (Wildman–Crippen LogP) is 3.05. The molecule has 0 unspecified atom stereocenters. The third-order valence-electron chi connectivity index (χ3n) is 1.99. The van der Waals surface area contributed by atoms with Crippen LogP contribution in [0.25, 0.3) is 0 Å². The summed E-state index contributed by atoms with van der Waals surface area (Å²) in [5, 5.41) is 5.86. The van der Waals surface area contributed by atoms with Crippen LogP contribution in [0.15, 0.2) is 29.4 Å². The summed E-state index contributed by atoms with van der Waals surface area (Å²) in [7, 11) is 0. The van der Waals surface area contributed by atoms with Crippen LogP contribution in [0.5, 0.6) is 0 Å². The molecular weight excluding hydrogens is 299 g/mol. The van der Waals surface area contributed by atoms with Gasteiger partial charge in [-0.05, 0) is 18.2 Å². The number of carbonyl (C=O) groups excluding carboxylic acids is 1. The second kappa shape index (κ2) is 6.88. The zero-order chi connectivity index (χ0) is 14.4. The average Bonchev–Trinajstić information content (AvgIpc) is 2.83. The van der Waals surface area contributed by atoms with E-state index in [0.29, 0.717) is 21.7 Å². The molecular formula is C12H9FN4OS2. The normalized spacial score (nSPS) is 9.80. The molecule has 2 aromatic rings. The van der Waals surface area contributed by atoms with Gasteiger partial charge in [0.05, 0.1) is 5.75 Å². The van der Waals surface area contributed by atoms with Crippen molar-refractivity contribution in [3.63, 3.8) is 0 Å². The third-order valence-corrected chi connectivity index (χ3v) is 3.49. The molecule has 102 valence electrons. The maximum Gasteiger partial charge on any atom is 0.325 e. The summed E-state index contributed by atoms with van der Waals surface area (Å²) in [6.45, 7) is 0. The summed E-state index contributed by atoms with van der Waals surface area (Å²) in [5.74, 6) is 2.50. The fourth-order valence-corrected chi connectivity index (χ4v) is 2.47. The molecule has 5 nitrogen and oxygen atoms in total. The van der Waals surface area contributed by atoms with E-state index in [2.05, 4.69) is 25.9 Å². The molecule has 2 rings (SSSR count). The van der Waals surface area contributed by atoms with Crippen molar-refractivity contribution in [2.75, 3.05) is 16.4 Å². The summed E-state index contributed by atoms with van der Waals surface area (Å²) in [6.07, 6.45) is 5.13. The number of hydrogen-bond donors (Lipinski definition) is 2. The Kier molecular flexibility index (Phi) is 4.92. The van der Waals surface area contributed by atoms with E-state index in [4.69, 9.17) is 6.42 Å². The number of aromatic nitrogens is 2. The van der Waals surface area contributed by atoms with Crippen molar-refractivity contribution >= 4 is 40.1 Å². The summed E-state index contributed by atoms with van der Waals surface area (Å²) in [5.41, 5.74) is 0.356. The number of thioether (sulfide) groups is 1. The predicted molar refractivity (Wildman–Crippen MR) is 78.5 cm³/mol. The first-order chi connectivity index (χ1) is 9.67. The Morgan fingerprint density at radius 3 is 3.10 bits per heavy atom. The lowest BCUT2D eigenvalue weighted by Gasteiger charge is -2.04. The molecule has 0 aliphatic rings. The molecule has 0 atom stereocenters. The van der Waals surface area contributed by atoms with Crippen molar-refractivity contribution < 1.29 is 9.18 Å². The van der Waals surface area contributed by atoms with Crippen LogP contribution in [0.2, 0.25) is 0 Å². The van der Waals surface area contributed by atoms with E-state index < -0.39 is 11.8 Å². The highest BCUT2D eigenvalue weighted by Gasteiger charge is 2.08. The minimum Gasteiger partial charge on any atom is -0.308 e. The largest absolute Gasteiger partial charge is 0.325 e. The Morgan fingerprint density at radius 1 is 1.50 bits per heavy atom. The van der Waals surface area contributed by atoms with Gasteiger partial charge in [-0.15, -0.1) is 6.42 Å². The van der Waals surface area contributed by atoms with E-state index in [0.717, 1.165) is 11.5 Å². The first-order valence-corrected chi connectivity index (χ1v) is 7.17. The molecule has 8 heteroatoms. The molecule has 2 N–H and O–H groups in total. The van der Waals surface area contributed by atoms with Crippen molar-refractivity contribution in [2.45, 2.75) is 5.16 Å². The molecule has 0 radical (unpaired) electrons. The molecule has 1 heterocycles. The zero-order valence-electron chi connectivity index (χ0n) is 10.1. The van der Waals surface area contributed by atoms with Gasteiger partial charge in [-0.2, -0.15) is 9.36 Å². The fraction of sp³-hybridized carbons (Fsp3) is 0.0833. The first kappa shape index (κ1) is 14.3. The first-order valence-electron chi connectivity index (χ1n) is 5.41. The van der Waals surface area contributed by atoms with E-state index in [1.807, 2.05) is 0 Å². The van der Waals surface area contributed by atoms with Gasteiger partial charge in [0.25, 0.3) is 0 Å². The van der Waals surface area contributed by atoms with Gasteiger partial charge in [0.1, 0.15) is 5.82 Å². The van der Waals surface area contributed by atoms with Crippen molar-refractivity contribution in [2.24, 2.45) is 0 Å². The van der Waals surface area contributed by atoms with Crippen molar-refractivity contribution in [3.8, 4) is 12.3 Å². The molecule has 0 aliphatic carbocycles. The highest BCUT2D eigenvalue weighted by molar-refractivity contribution is 7.99. The number of carbonyl (C=O) groups is 1. The Hall–Kier alpha value is -2.11. The molecule has 1 aromatic heterocycles. The number of terminal acetylenes is 1. The Bertz CT molecular complexity index is 653. The lowest BCUT2D eigenvalue weighted by atomic mass is 10.3. The molecule has 0 spiro atoms. The van der Waals surface area contributed by atoms with Crippen molar-refractivity contribution in [1.29, 1.82) is 0 Å². The number of nitrogens with zero attached hydrogens (tertiary/aromatic N) is 2. The number of amides is 2. The number of urea groups is 1. The van der Waals surface area contributed by atoms with Gasteiger partial charge >= 0.3 is 6.03 Å². The minimum absolute atomic E-state index is 0.346. The number of rotatable bonds is 4. The molecule has 20 heavy (non-hydrogen) atoms. The maximum absolute atomic E-state index is 13.0. The lowest BCUT2D eigenvalue weighted by molar-refractivity contribution is 0.262. The number of benzene rings is 1. The third kappa shape index (κ3) is 4.22. The van der Waals surface area contributed by atoms with Crippen LogP contribution in [0.1, 0.15) is 0 Å². The van der Waals surface area contributed by atoms with Crippen LogP contribution in [-0.4, -0.2) is 21.1 Å². The van der Waals surface area contributed by atoms with Gasteiger partial charge in [0, 0.05) is 17.2 Å². The van der Waals surface area contributed by atoms with E-state index in [-0.39, 0.29) is 0 Å². The van der Waals surface area contributed by atoms with E-state index in [9.17, 15) is 9.18 Å². The SMILES string of the molecule is C#CCSc1nsc(NC(=O)Nc2cccc(F)c2)n1. The lowest BCUT2D eigenvalue weighted by Crippen LogP contribution is -2.19.